The lowest BCUT2D eigenvalue weighted by molar-refractivity contribution is 0.279. The molecule has 2 N–H and O–H groups in total. The second-order valence-corrected chi connectivity index (χ2v) is 7.15. The third-order valence-electron chi connectivity index (χ3n) is 2.99. The molecule has 0 aromatic carbocycles. The van der Waals surface area contributed by atoms with Gasteiger partial charge in [0.2, 0.25) is 0 Å². The summed E-state index contributed by atoms with van der Waals surface area (Å²) in [5.41, 5.74) is 0.461. The zero-order chi connectivity index (χ0) is 9.78. The third kappa shape index (κ3) is 3.69. The Morgan fingerprint density at radius 2 is 1.58 bits per heavy atom. The van der Waals surface area contributed by atoms with Gasteiger partial charge in [-0.15, -0.1) is 0 Å². The molecule has 0 saturated heterocycles. The van der Waals surface area contributed by atoms with Gasteiger partial charge in [0.15, 0.2) is 9.12 Å². The van der Waals surface area contributed by atoms with Crippen molar-refractivity contribution in [1.29, 1.82) is 0 Å². The van der Waals surface area contributed by atoms with E-state index >= 15 is 0 Å². The van der Waals surface area contributed by atoms with Crippen molar-refractivity contribution in [2.45, 2.75) is 33.7 Å². The summed E-state index contributed by atoms with van der Waals surface area (Å²) in [6.07, 6.45) is 0. The van der Waals surface area contributed by atoms with Crippen LogP contribution in [0.5, 0.6) is 0 Å². The summed E-state index contributed by atoms with van der Waals surface area (Å²) in [5.74, 6) is 0.759. The predicted octanol–water partition coefficient (Wildman–Crippen LogP) is 1.33. The van der Waals surface area contributed by atoms with Crippen molar-refractivity contribution < 1.29 is 0 Å². The first-order valence-corrected chi connectivity index (χ1v) is 6.75. The van der Waals surface area contributed by atoms with E-state index in [9.17, 15) is 0 Å². The first-order valence-electron chi connectivity index (χ1n) is 4.78. The van der Waals surface area contributed by atoms with E-state index in [-0.39, 0.29) is 0 Å². The van der Waals surface area contributed by atoms with E-state index in [1.807, 2.05) is 0 Å². The van der Waals surface area contributed by atoms with Crippen LogP contribution in [-0.4, -0.2) is 23.2 Å². The lowest BCUT2D eigenvalue weighted by Crippen LogP contribution is -2.46. The van der Waals surface area contributed by atoms with Crippen LogP contribution in [0.15, 0.2) is 0 Å². The molecule has 74 valence electrons. The smallest absolute Gasteiger partial charge is 0.184 e. The van der Waals surface area contributed by atoms with Crippen molar-refractivity contribution in [1.82, 2.24) is 9.96 Å². The van der Waals surface area contributed by atoms with Crippen LogP contribution in [0.4, 0.5) is 0 Å². The molecule has 0 aliphatic heterocycles. The van der Waals surface area contributed by atoms with Crippen molar-refractivity contribution >= 4 is 9.12 Å². The molecule has 0 aromatic heterocycles. The van der Waals surface area contributed by atoms with Crippen LogP contribution in [0, 0.1) is 11.3 Å². The van der Waals surface area contributed by atoms with Gasteiger partial charge < -0.3 is 9.96 Å². The average molecular weight is 188 g/mol. The van der Waals surface area contributed by atoms with E-state index in [0.29, 0.717) is 5.41 Å². The molecule has 0 aliphatic rings. The molecule has 0 aliphatic carbocycles. The Hall–Kier alpha value is 0.137. The maximum Gasteiger partial charge on any atom is 0.184 e. The largest absolute Gasteiger partial charge is 0.331 e. The van der Waals surface area contributed by atoms with Gasteiger partial charge in [-0.1, -0.05) is 27.7 Å². The van der Waals surface area contributed by atoms with Gasteiger partial charge in [0.05, 0.1) is 0 Å². The van der Waals surface area contributed by atoms with Crippen LogP contribution in [0.25, 0.3) is 0 Å². The normalized spacial score (nSPS) is 13.0. The van der Waals surface area contributed by atoms with E-state index < -0.39 is 9.12 Å². The van der Waals surface area contributed by atoms with Crippen LogP contribution < -0.4 is 9.96 Å². The van der Waals surface area contributed by atoms with Crippen LogP contribution in [-0.2, 0) is 0 Å². The van der Waals surface area contributed by atoms with Crippen LogP contribution in [0.2, 0.25) is 6.04 Å². The molecule has 0 amide bonds. The van der Waals surface area contributed by atoms with E-state index in [0.717, 1.165) is 5.92 Å². The second-order valence-electron chi connectivity index (χ2n) is 4.48. The van der Waals surface area contributed by atoms with Crippen molar-refractivity contribution in [2.24, 2.45) is 11.3 Å². The molecule has 0 spiro atoms. The fourth-order valence-electron chi connectivity index (χ4n) is 1.11. The second kappa shape index (κ2) is 4.99. The first kappa shape index (κ1) is 12.1. The molecule has 3 heteroatoms. The minimum absolute atomic E-state index is 0.461. The SMILES string of the molecule is CN[SiH](CC(C)(C)C(C)C)NC. The maximum absolute atomic E-state index is 3.39. The molecule has 0 fully saturated rings. The van der Waals surface area contributed by atoms with E-state index in [2.05, 4.69) is 51.8 Å². The summed E-state index contributed by atoms with van der Waals surface area (Å²) in [5, 5.41) is 0. The van der Waals surface area contributed by atoms with E-state index in [4.69, 9.17) is 0 Å². The number of rotatable bonds is 5. The summed E-state index contributed by atoms with van der Waals surface area (Å²) in [4.78, 5) is 6.78. The summed E-state index contributed by atoms with van der Waals surface area (Å²) < 4.78 is 0. The van der Waals surface area contributed by atoms with Gasteiger partial charge >= 0.3 is 0 Å². The highest BCUT2D eigenvalue weighted by Crippen LogP contribution is 2.30. The van der Waals surface area contributed by atoms with Gasteiger partial charge in [-0.3, -0.25) is 0 Å². The van der Waals surface area contributed by atoms with Crippen molar-refractivity contribution in [2.75, 3.05) is 14.1 Å². The predicted molar refractivity (Wildman–Crippen MR) is 58.7 cm³/mol. The van der Waals surface area contributed by atoms with E-state index in [1.54, 1.807) is 0 Å². The molecule has 0 unspecified atom stereocenters. The minimum Gasteiger partial charge on any atom is -0.331 e. The minimum atomic E-state index is -0.873. The average Bonchev–Trinajstić information content (AvgIpc) is 2.00. The Kier molecular flexibility index (Phi) is 5.05. The zero-order valence-corrected chi connectivity index (χ0v) is 10.5. The molecule has 0 radical (unpaired) electrons. The first-order chi connectivity index (χ1) is 5.44. The fraction of sp³-hybridized carbons (Fsp3) is 1.00. The monoisotopic (exact) mass is 188 g/mol. The summed E-state index contributed by atoms with van der Waals surface area (Å²) in [6.45, 7) is 9.31. The highest BCUT2D eigenvalue weighted by molar-refractivity contribution is 6.53. The standard InChI is InChI=1S/C9H24N2Si/c1-8(2)9(3,4)7-12(10-5)11-6/h8,10-12H,7H2,1-6H3. The van der Waals surface area contributed by atoms with Crippen LogP contribution in [0.3, 0.4) is 0 Å². The molecule has 12 heavy (non-hydrogen) atoms. The molecule has 0 aromatic rings. The Bertz CT molecular complexity index is 120. The molecule has 0 atom stereocenters. The molecule has 2 nitrogen and oxygen atoms in total. The Labute approximate surface area is 78.9 Å². The van der Waals surface area contributed by atoms with Crippen LogP contribution in [0.1, 0.15) is 27.7 Å². The highest BCUT2D eigenvalue weighted by Gasteiger charge is 2.26. The van der Waals surface area contributed by atoms with Gasteiger partial charge in [-0.2, -0.15) is 0 Å². The van der Waals surface area contributed by atoms with Gasteiger partial charge in [-0.25, -0.2) is 0 Å². The maximum atomic E-state index is 3.39. The lowest BCUT2D eigenvalue weighted by atomic mass is 9.83. The third-order valence-corrected chi connectivity index (χ3v) is 5.84. The summed E-state index contributed by atoms with van der Waals surface area (Å²) in [6, 6.07) is 1.30. The summed E-state index contributed by atoms with van der Waals surface area (Å²) >= 11 is 0. The van der Waals surface area contributed by atoms with Crippen molar-refractivity contribution in [3.05, 3.63) is 0 Å². The fourth-order valence-corrected chi connectivity index (χ4v) is 3.33. The van der Waals surface area contributed by atoms with Crippen molar-refractivity contribution in [3.63, 3.8) is 0 Å². The molecule has 0 saturated carbocycles. The summed E-state index contributed by atoms with van der Waals surface area (Å²) in [7, 11) is 3.25. The number of nitrogens with one attached hydrogen (secondary N) is 2. The number of hydrogen-bond donors (Lipinski definition) is 2. The molecular weight excluding hydrogens is 164 g/mol. The van der Waals surface area contributed by atoms with Crippen LogP contribution >= 0.6 is 0 Å². The Balaban J connectivity index is 4.02. The van der Waals surface area contributed by atoms with Crippen molar-refractivity contribution in [3.8, 4) is 0 Å². The van der Waals surface area contributed by atoms with Gasteiger partial charge in [0.1, 0.15) is 0 Å². The van der Waals surface area contributed by atoms with Gasteiger partial charge in [0, 0.05) is 0 Å². The lowest BCUT2D eigenvalue weighted by Gasteiger charge is -2.32. The molecule has 0 rings (SSSR count). The van der Waals surface area contributed by atoms with E-state index in [1.165, 1.54) is 6.04 Å². The van der Waals surface area contributed by atoms with Gasteiger partial charge in [-0.05, 0) is 31.5 Å². The molecule has 0 bridgehead atoms. The zero-order valence-electron chi connectivity index (χ0n) is 9.36. The highest BCUT2D eigenvalue weighted by atomic mass is 28.3. The Morgan fingerprint density at radius 1 is 1.17 bits per heavy atom. The molecular formula is C9H24N2Si. The Morgan fingerprint density at radius 3 is 1.83 bits per heavy atom. The topological polar surface area (TPSA) is 24.1 Å². The number of hydrogen-bond acceptors (Lipinski definition) is 2. The van der Waals surface area contributed by atoms with Gasteiger partial charge in [0.25, 0.3) is 0 Å². The quantitative estimate of drug-likeness (QED) is 0.636. The molecule has 0 heterocycles.